The number of halogens is 2. The van der Waals surface area contributed by atoms with Gasteiger partial charge >= 0.3 is 0 Å². The van der Waals surface area contributed by atoms with E-state index < -0.39 is 0 Å². The molecule has 154 valence electrons. The van der Waals surface area contributed by atoms with Crippen LogP contribution in [-0.2, 0) is 19.8 Å². The summed E-state index contributed by atoms with van der Waals surface area (Å²) in [5, 5.41) is 9.79. The zero-order chi connectivity index (χ0) is 21.1. The smallest absolute Gasteiger partial charge is 0.274 e. The second-order valence-corrected chi connectivity index (χ2v) is 7.59. The van der Waals surface area contributed by atoms with Crippen LogP contribution in [0.2, 0.25) is 10.0 Å². The molecule has 0 spiro atoms. The number of carbonyl (C=O) groups excluding carboxylic acids is 1. The van der Waals surface area contributed by atoms with E-state index in [0.29, 0.717) is 29.6 Å². The molecule has 0 aliphatic carbocycles. The molecular weight excluding hydrogens is 413 g/mol. The third-order valence-corrected chi connectivity index (χ3v) is 5.48. The first kappa shape index (κ1) is 21.2. The molecule has 0 aliphatic heterocycles. The van der Waals surface area contributed by atoms with Crippen molar-refractivity contribution in [3.05, 3.63) is 63.2 Å². The number of benzene rings is 1. The van der Waals surface area contributed by atoms with Crippen molar-refractivity contribution < 1.29 is 9.53 Å². The number of aromatic nitrogens is 4. The normalized spacial score (nSPS) is 11.0. The fourth-order valence-corrected chi connectivity index (χ4v) is 3.30. The molecule has 0 aliphatic rings. The number of aryl methyl sites for hydroxylation is 3. The second-order valence-electron chi connectivity index (χ2n) is 6.80. The average Bonchev–Trinajstić information content (AvgIpc) is 3.30. The van der Waals surface area contributed by atoms with Crippen molar-refractivity contribution in [2.45, 2.75) is 40.6 Å². The molecule has 9 heteroatoms. The molecule has 0 atom stereocenters. The zero-order valence-corrected chi connectivity index (χ0v) is 18.3. The second kappa shape index (κ2) is 8.88. The zero-order valence-electron chi connectivity index (χ0n) is 16.8. The first-order valence-electron chi connectivity index (χ1n) is 9.18. The van der Waals surface area contributed by atoms with Gasteiger partial charge in [0.15, 0.2) is 12.4 Å². The van der Waals surface area contributed by atoms with E-state index in [1.807, 2.05) is 32.9 Å². The quantitative estimate of drug-likeness (QED) is 0.553. The first-order chi connectivity index (χ1) is 13.8. The summed E-state index contributed by atoms with van der Waals surface area (Å²) in [6, 6.07) is 5.41. The minimum Gasteiger partial charge on any atom is -0.471 e. The maximum absolute atomic E-state index is 12.7. The summed E-state index contributed by atoms with van der Waals surface area (Å²) in [4.78, 5) is 14.3. The van der Waals surface area contributed by atoms with Gasteiger partial charge in [0.1, 0.15) is 5.75 Å². The molecule has 0 saturated carbocycles. The van der Waals surface area contributed by atoms with Gasteiger partial charge in [-0.1, -0.05) is 23.2 Å². The lowest BCUT2D eigenvalue weighted by Crippen LogP contribution is -2.28. The first-order valence-corrected chi connectivity index (χ1v) is 9.94. The Morgan fingerprint density at radius 1 is 1.24 bits per heavy atom. The van der Waals surface area contributed by atoms with Crippen molar-refractivity contribution in [2.75, 3.05) is 7.05 Å². The van der Waals surface area contributed by atoms with E-state index >= 15 is 0 Å². The van der Waals surface area contributed by atoms with Crippen LogP contribution in [0.15, 0.2) is 30.6 Å². The summed E-state index contributed by atoms with van der Waals surface area (Å²) in [5.74, 6) is 0.495. The van der Waals surface area contributed by atoms with Crippen LogP contribution in [0.3, 0.4) is 0 Å². The summed E-state index contributed by atoms with van der Waals surface area (Å²) in [6.07, 6.45) is 3.30. The third-order valence-electron chi connectivity index (χ3n) is 4.56. The summed E-state index contributed by atoms with van der Waals surface area (Å²) in [6.45, 7) is 7.04. The van der Waals surface area contributed by atoms with Crippen molar-refractivity contribution in [2.24, 2.45) is 0 Å². The van der Waals surface area contributed by atoms with E-state index in [4.69, 9.17) is 27.9 Å². The van der Waals surface area contributed by atoms with Gasteiger partial charge in [0.25, 0.3) is 5.91 Å². The molecule has 29 heavy (non-hydrogen) atoms. The molecule has 0 fully saturated rings. The Hall–Kier alpha value is -2.51. The van der Waals surface area contributed by atoms with E-state index in [0.717, 1.165) is 21.8 Å². The number of rotatable bonds is 7. The van der Waals surface area contributed by atoms with Gasteiger partial charge in [-0.3, -0.25) is 9.48 Å². The molecule has 0 bridgehead atoms. The maximum atomic E-state index is 12.7. The standard InChI is InChI=1S/C20H23Cl2N5O2/c1-5-27-18(16(21)10-23-27)11-25(4)20(28)17-6-7-26(24-17)12-29-15-8-13(2)19(22)14(3)9-15/h6-10H,5,11-12H2,1-4H3. The lowest BCUT2D eigenvalue weighted by Gasteiger charge is -2.17. The summed E-state index contributed by atoms with van der Waals surface area (Å²) >= 11 is 12.4. The average molecular weight is 436 g/mol. The Bertz CT molecular complexity index is 1000. The van der Waals surface area contributed by atoms with Crippen LogP contribution in [0.4, 0.5) is 0 Å². The topological polar surface area (TPSA) is 65.2 Å². The monoisotopic (exact) mass is 435 g/mol. The van der Waals surface area contributed by atoms with E-state index in [-0.39, 0.29) is 12.6 Å². The van der Waals surface area contributed by atoms with Gasteiger partial charge in [-0.25, -0.2) is 4.68 Å². The number of hydrogen-bond acceptors (Lipinski definition) is 4. The Kier molecular flexibility index (Phi) is 6.49. The molecule has 2 aromatic heterocycles. The van der Waals surface area contributed by atoms with Crippen LogP contribution in [0, 0.1) is 13.8 Å². The summed E-state index contributed by atoms with van der Waals surface area (Å²) < 4.78 is 9.13. The van der Waals surface area contributed by atoms with Gasteiger partial charge in [0.05, 0.1) is 23.5 Å². The van der Waals surface area contributed by atoms with Gasteiger partial charge in [-0.2, -0.15) is 10.2 Å². The molecular formula is C20H23Cl2N5O2. The fraction of sp³-hybridized carbons (Fsp3) is 0.350. The largest absolute Gasteiger partial charge is 0.471 e. The van der Waals surface area contributed by atoms with Crippen LogP contribution in [0.5, 0.6) is 5.75 Å². The van der Waals surface area contributed by atoms with Gasteiger partial charge in [-0.15, -0.1) is 0 Å². The molecule has 1 amide bonds. The van der Waals surface area contributed by atoms with Gasteiger partial charge < -0.3 is 9.64 Å². The fourth-order valence-electron chi connectivity index (χ4n) is 2.99. The Morgan fingerprint density at radius 2 is 1.93 bits per heavy atom. The lowest BCUT2D eigenvalue weighted by atomic mass is 10.1. The number of hydrogen-bond donors (Lipinski definition) is 0. The van der Waals surface area contributed by atoms with Crippen molar-refractivity contribution in [3.63, 3.8) is 0 Å². The highest BCUT2D eigenvalue weighted by atomic mass is 35.5. The molecule has 7 nitrogen and oxygen atoms in total. The Morgan fingerprint density at radius 3 is 2.59 bits per heavy atom. The predicted molar refractivity (Wildman–Crippen MR) is 112 cm³/mol. The minimum atomic E-state index is -0.207. The van der Waals surface area contributed by atoms with Crippen LogP contribution < -0.4 is 4.74 Å². The molecule has 2 heterocycles. The van der Waals surface area contributed by atoms with Crippen molar-refractivity contribution in [3.8, 4) is 5.75 Å². The highest BCUT2D eigenvalue weighted by Gasteiger charge is 2.18. The van der Waals surface area contributed by atoms with Gasteiger partial charge in [0.2, 0.25) is 0 Å². The van der Waals surface area contributed by atoms with Crippen molar-refractivity contribution in [1.29, 1.82) is 0 Å². The Labute approximate surface area is 179 Å². The number of ether oxygens (including phenoxy) is 1. The van der Waals surface area contributed by atoms with Crippen molar-refractivity contribution in [1.82, 2.24) is 24.5 Å². The maximum Gasteiger partial charge on any atom is 0.274 e. The molecule has 0 radical (unpaired) electrons. The highest BCUT2D eigenvalue weighted by Crippen LogP contribution is 2.26. The van der Waals surface area contributed by atoms with Crippen LogP contribution in [-0.4, -0.2) is 37.4 Å². The molecule has 3 aromatic rings. The van der Waals surface area contributed by atoms with Crippen molar-refractivity contribution >= 4 is 29.1 Å². The minimum absolute atomic E-state index is 0.186. The predicted octanol–water partition coefficient (Wildman–Crippen LogP) is 4.33. The van der Waals surface area contributed by atoms with E-state index in [9.17, 15) is 4.79 Å². The van der Waals surface area contributed by atoms with Crippen LogP contribution in [0.25, 0.3) is 0 Å². The molecule has 1 aromatic carbocycles. The van der Waals surface area contributed by atoms with Gasteiger partial charge in [0, 0.05) is 24.8 Å². The lowest BCUT2D eigenvalue weighted by molar-refractivity contribution is 0.0773. The summed E-state index contributed by atoms with van der Waals surface area (Å²) in [7, 11) is 1.71. The molecule has 0 saturated heterocycles. The molecule has 3 rings (SSSR count). The van der Waals surface area contributed by atoms with Gasteiger partial charge in [-0.05, 0) is 50.1 Å². The number of amides is 1. The van der Waals surface area contributed by atoms with E-state index in [2.05, 4.69) is 10.2 Å². The molecule has 0 unspecified atom stereocenters. The SMILES string of the molecule is CCn1ncc(Cl)c1CN(C)C(=O)c1ccn(COc2cc(C)c(Cl)c(C)c2)n1. The highest BCUT2D eigenvalue weighted by molar-refractivity contribution is 6.32. The van der Waals surface area contributed by atoms with Crippen LogP contribution >= 0.6 is 23.2 Å². The van der Waals surface area contributed by atoms with Crippen LogP contribution in [0.1, 0.15) is 34.2 Å². The Balaban J connectivity index is 1.64. The number of carbonyl (C=O) groups is 1. The summed E-state index contributed by atoms with van der Waals surface area (Å²) in [5.41, 5.74) is 3.02. The third kappa shape index (κ3) is 4.74. The molecule has 0 N–H and O–H groups in total. The van der Waals surface area contributed by atoms with E-state index in [1.54, 1.807) is 39.8 Å². The van der Waals surface area contributed by atoms with E-state index in [1.165, 1.54) is 0 Å². The number of nitrogens with zero attached hydrogens (tertiary/aromatic N) is 5.